The van der Waals surface area contributed by atoms with Crippen LogP contribution < -0.4 is 21.6 Å². The van der Waals surface area contributed by atoms with Crippen LogP contribution in [0.15, 0.2) is 100 Å². The number of hydrogen-bond donors (Lipinski definition) is 3. The maximum Gasteiger partial charge on any atom is 0.349 e. The van der Waals surface area contributed by atoms with E-state index in [-0.39, 0.29) is 5.56 Å². The number of amides is 1. The van der Waals surface area contributed by atoms with Crippen LogP contribution in [0.1, 0.15) is 16.1 Å². The van der Waals surface area contributed by atoms with Crippen LogP contribution in [0.3, 0.4) is 0 Å². The van der Waals surface area contributed by atoms with Crippen LogP contribution in [0.4, 0.5) is 28.8 Å². The minimum absolute atomic E-state index is 0.0579. The zero-order valence-electron chi connectivity index (χ0n) is 18.8. The summed E-state index contributed by atoms with van der Waals surface area (Å²) in [4.78, 5) is 33.9. The smallest absolute Gasteiger partial charge is 0.349 e. The molecule has 5 aromatic rings. The van der Waals surface area contributed by atoms with Crippen molar-refractivity contribution in [2.75, 3.05) is 16.0 Å². The van der Waals surface area contributed by atoms with Crippen LogP contribution in [0.25, 0.3) is 11.0 Å². The molecule has 0 fully saturated rings. The largest absolute Gasteiger partial charge is 0.422 e. The summed E-state index contributed by atoms with van der Waals surface area (Å²) < 4.78 is 5.25. The Morgan fingerprint density at radius 2 is 1.46 bits per heavy atom. The van der Waals surface area contributed by atoms with E-state index in [2.05, 4.69) is 25.9 Å². The number of nitrogens with zero attached hydrogens (tertiary/aromatic N) is 2. The summed E-state index contributed by atoms with van der Waals surface area (Å²) in [5.41, 5.74) is 2.70. The molecule has 0 saturated heterocycles. The number of benzene rings is 3. The quantitative estimate of drug-likeness (QED) is 0.280. The summed E-state index contributed by atoms with van der Waals surface area (Å²) in [7, 11) is 0. The Morgan fingerprint density at radius 3 is 2.26 bits per heavy atom. The van der Waals surface area contributed by atoms with Crippen molar-refractivity contribution in [3.05, 3.63) is 113 Å². The van der Waals surface area contributed by atoms with E-state index in [1.54, 1.807) is 42.5 Å². The van der Waals surface area contributed by atoms with Gasteiger partial charge in [0.2, 0.25) is 5.95 Å². The van der Waals surface area contributed by atoms with Crippen molar-refractivity contribution in [1.29, 1.82) is 0 Å². The second kappa shape index (κ2) is 9.48. The van der Waals surface area contributed by atoms with E-state index in [4.69, 9.17) is 4.42 Å². The molecule has 35 heavy (non-hydrogen) atoms. The summed E-state index contributed by atoms with van der Waals surface area (Å²) >= 11 is 0. The Bertz CT molecular complexity index is 1560. The molecule has 0 bridgehead atoms. The van der Waals surface area contributed by atoms with Crippen LogP contribution in [0.5, 0.6) is 0 Å². The molecular formula is C27H21N5O3. The van der Waals surface area contributed by atoms with Crippen LogP contribution in [0.2, 0.25) is 0 Å². The molecule has 2 heterocycles. The van der Waals surface area contributed by atoms with E-state index >= 15 is 0 Å². The lowest BCUT2D eigenvalue weighted by Gasteiger charge is -2.11. The third kappa shape index (κ3) is 5.17. The van der Waals surface area contributed by atoms with Gasteiger partial charge < -0.3 is 20.4 Å². The van der Waals surface area contributed by atoms with Gasteiger partial charge >= 0.3 is 5.63 Å². The van der Waals surface area contributed by atoms with Gasteiger partial charge in [0.25, 0.3) is 5.91 Å². The van der Waals surface area contributed by atoms with Crippen molar-refractivity contribution in [1.82, 2.24) is 9.97 Å². The Labute approximate surface area is 200 Å². The van der Waals surface area contributed by atoms with Gasteiger partial charge in [-0.05, 0) is 55.5 Å². The highest BCUT2D eigenvalue weighted by atomic mass is 16.4. The molecule has 3 aromatic carbocycles. The summed E-state index contributed by atoms with van der Waals surface area (Å²) in [5, 5.41) is 9.84. The van der Waals surface area contributed by atoms with Crippen molar-refractivity contribution >= 4 is 45.7 Å². The zero-order valence-corrected chi connectivity index (χ0v) is 18.8. The fraction of sp³-hybridized carbons (Fsp3) is 0.0370. The fourth-order valence-corrected chi connectivity index (χ4v) is 3.54. The first-order valence-corrected chi connectivity index (χ1v) is 10.9. The second-order valence-electron chi connectivity index (χ2n) is 7.85. The number of fused-ring (bicyclic) bond motifs is 1. The molecule has 0 atom stereocenters. The molecule has 172 valence electrons. The van der Waals surface area contributed by atoms with Gasteiger partial charge in [0, 0.05) is 34.2 Å². The number of nitrogens with one attached hydrogen (secondary N) is 3. The lowest BCUT2D eigenvalue weighted by Crippen LogP contribution is -2.20. The molecule has 1 amide bonds. The summed E-state index contributed by atoms with van der Waals surface area (Å²) in [6, 6.07) is 27.2. The number of anilines is 5. The monoisotopic (exact) mass is 463 g/mol. The molecule has 0 radical (unpaired) electrons. The van der Waals surface area contributed by atoms with Gasteiger partial charge in [-0.2, -0.15) is 4.98 Å². The third-order valence-corrected chi connectivity index (χ3v) is 5.19. The number of aryl methyl sites for hydroxylation is 1. The summed E-state index contributed by atoms with van der Waals surface area (Å²) in [5.74, 6) is 0.571. The summed E-state index contributed by atoms with van der Waals surface area (Å²) in [6.45, 7) is 1.89. The average molecular weight is 463 g/mol. The van der Waals surface area contributed by atoms with E-state index < -0.39 is 11.5 Å². The predicted molar refractivity (Wildman–Crippen MR) is 137 cm³/mol. The van der Waals surface area contributed by atoms with Crippen LogP contribution in [0, 0.1) is 6.92 Å². The lowest BCUT2D eigenvalue weighted by molar-refractivity contribution is 0.102. The van der Waals surface area contributed by atoms with E-state index in [9.17, 15) is 9.59 Å². The Morgan fingerprint density at radius 1 is 0.771 bits per heavy atom. The molecular weight excluding hydrogens is 442 g/mol. The van der Waals surface area contributed by atoms with Gasteiger partial charge in [0.15, 0.2) is 0 Å². The van der Waals surface area contributed by atoms with E-state index in [0.717, 1.165) is 17.1 Å². The number of carbonyl (C=O) groups is 1. The number of carbonyl (C=O) groups excluding carboxylic acids is 1. The molecule has 0 unspecified atom stereocenters. The van der Waals surface area contributed by atoms with E-state index in [1.807, 2.05) is 49.4 Å². The maximum atomic E-state index is 12.7. The minimum Gasteiger partial charge on any atom is -0.422 e. The molecule has 0 aliphatic carbocycles. The van der Waals surface area contributed by atoms with Gasteiger partial charge in [-0.3, -0.25) is 4.79 Å². The molecule has 0 spiro atoms. The van der Waals surface area contributed by atoms with Gasteiger partial charge in [-0.15, -0.1) is 0 Å². The van der Waals surface area contributed by atoms with Crippen LogP contribution in [-0.4, -0.2) is 15.9 Å². The molecule has 5 rings (SSSR count). The molecule has 3 N–H and O–H groups in total. The number of aromatic nitrogens is 2. The van der Waals surface area contributed by atoms with Gasteiger partial charge in [-0.25, -0.2) is 9.78 Å². The van der Waals surface area contributed by atoms with Crippen LogP contribution in [-0.2, 0) is 0 Å². The number of hydrogen-bond acceptors (Lipinski definition) is 7. The topological polar surface area (TPSA) is 109 Å². The lowest BCUT2D eigenvalue weighted by atomic mass is 10.1. The van der Waals surface area contributed by atoms with Crippen molar-refractivity contribution in [3.63, 3.8) is 0 Å². The van der Waals surface area contributed by atoms with E-state index in [0.29, 0.717) is 28.4 Å². The highest BCUT2D eigenvalue weighted by Gasteiger charge is 2.14. The first-order chi connectivity index (χ1) is 17.0. The van der Waals surface area contributed by atoms with Crippen molar-refractivity contribution in [2.45, 2.75) is 6.92 Å². The summed E-state index contributed by atoms with van der Waals surface area (Å²) in [6.07, 6.45) is 0. The standard InChI is InChI=1S/C27H21N5O3/c1-17-15-24(29-19-8-3-2-4-9-19)32-27(28-17)31-21-13-11-20(12-14-21)30-25(33)22-16-18-7-5-6-10-23(18)35-26(22)34/h2-16H,1H3,(H,30,33)(H2,28,29,31,32). The minimum atomic E-state index is -0.684. The Balaban J connectivity index is 1.28. The molecule has 0 saturated carbocycles. The normalized spacial score (nSPS) is 10.7. The predicted octanol–water partition coefficient (Wildman–Crippen LogP) is 5.63. The molecule has 0 aliphatic heterocycles. The van der Waals surface area contributed by atoms with Crippen molar-refractivity contribution in [3.8, 4) is 0 Å². The van der Waals surface area contributed by atoms with E-state index in [1.165, 1.54) is 6.07 Å². The SMILES string of the molecule is Cc1cc(Nc2ccccc2)nc(Nc2ccc(NC(=O)c3cc4ccccc4oc3=O)cc2)n1. The van der Waals surface area contributed by atoms with Crippen molar-refractivity contribution in [2.24, 2.45) is 0 Å². The maximum absolute atomic E-state index is 12.7. The Kier molecular flexibility index (Phi) is 5.92. The molecule has 2 aromatic heterocycles. The molecule has 8 nitrogen and oxygen atoms in total. The molecule has 8 heteroatoms. The first kappa shape index (κ1) is 21.8. The fourth-order valence-electron chi connectivity index (χ4n) is 3.54. The molecule has 0 aliphatic rings. The average Bonchev–Trinajstić information content (AvgIpc) is 2.85. The number of para-hydroxylation sites is 2. The van der Waals surface area contributed by atoms with Gasteiger partial charge in [-0.1, -0.05) is 36.4 Å². The van der Waals surface area contributed by atoms with Crippen molar-refractivity contribution < 1.29 is 9.21 Å². The first-order valence-electron chi connectivity index (χ1n) is 10.9. The van der Waals surface area contributed by atoms with Crippen LogP contribution >= 0.6 is 0 Å². The Hall–Kier alpha value is -4.98. The highest BCUT2D eigenvalue weighted by Crippen LogP contribution is 2.21. The third-order valence-electron chi connectivity index (χ3n) is 5.19. The van der Waals surface area contributed by atoms with Gasteiger partial charge in [0.05, 0.1) is 0 Å². The van der Waals surface area contributed by atoms with Gasteiger partial charge in [0.1, 0.15) is 17.0 Å². The zero-order chi connectivity index (χ0) is 24.2. The second-order valence-corrected chi connectivity index (χ2v) is 7.85. The number of rotatable bonds is 6. The highest BCUT2D eigenvalue weighted by molar-refractivity contribution is 6.05.